The number of nitrogens with zero attached hydrogens (tertiary/aromatic N) is 3. The Bertz CT molecular complexity index is 1530. The molecule has 0 spiro atoms. The van der Waals surface area contributed by atoms with E-state index in [2.05, 4.69) is 21.0 Å². The van der Waals surface area contributed by atoms with Crippen molar-refractivity contribution in [3.05, 3.63) is 64.4 Å². The van der Waals surface area contributed by atoms with E-state index in [0.717, 1.165) is 9.87 Å². The van der Waals surface area contributed by atoms with Crippen molar-refractivity contribution in [2.24, 2.45) is 0 Å². The molecule has 0 amide bonds. The lowest BCUT2D eigenvalue weighted by molar-refractivity contribution is 0.521. The van der Waals surface area contributed by atoms with Gasteiger partial charge in [-0.1, -0.05) is 36.4 Å². The van der Waals surface area contributed by atoms with Crippen LogP contribution in [0.5, 0.6) is 0 Å². The highest BCUT2D eigenvalue weighted by Crippen LogP contribution is 2.38. The number of rotatable bonds is 5. The number of H-pyrrole nitrogens is 2. The summed E-state index contributed by atoms with van der Waals surface area (Å²) >= 11 is 0. The van der Waals surface area contributed by atoms with Crippen LogP contribution >= 0.6 is 0 Å². The van der Waals surface area contributed by atoms with Gasteiger partial charge in [0, 0.05) is 19.7 Å². The predicted molar refractivity (Wildman–Crippen MR) is 122 cm³/mol. The van der Waals surface area contributed by atoms with E-state index < -0.39 is 15.6 Å². The fraction of sp³-hybridized carbons (Fsp3) is 0.136. The normalized spacial score (nSPS) is 11.7. The molecule has 4 rings (SSSR count). The van der Waals surface area contributed by atoms with E-state index in [0.29, 0.717) is 33.4 Å². The second-order valence-electron chi connectivity index (χ2n) is 7.35. The van der Waals surface area contributed by atoms with Crippen molar-refractivity contribution < 1.29 is 8.42 Å². The highest BCUT2D eigenvalue weighted by molar-refractivity contribution is 7.89. The van der Waals surface area contributed by atoms with Crippen LogP contribution in [0.2, 0.25) is 0 Å². The number of anilines is 1. The van der Waals surface area contributed by atoms with Gasteiger partial charge in [0.15, 0.2) is 0 Å². The van der Waals surface area contributed by atoms with E-state index in [1.807, 2.05) is 24.3 Å². The van der Waals surface area contributed by atoms with E-state index >= 15 is 0 Å². The lowest BCUT2D eigenvalue weighted by Gasteiger charge is -2.12. The molecule has 0 bridgehead atoms. The van der Waals surface area contributed by atoms with Crippen LogP contribution in [0.25, 0.3) is 33.4 Å². The van der Waals surface area contributed by atoms with Crippen LogP contribution in [0.4, 0.5) is 5.95 Å². The van der Waals surface area contributed by atoms with E-state index in [9.17, 15) is 18.5 Å². The van der Waals surface area contributed by atoms with Crippen molar-refractivity contribution in [1.29, 1.82) is 5.26 Å². The first-order valence-corrected chi connectivity index (χ1v) is 11.1. The number of aromatic amines is 2. The zero-order chi connectivity index (χ0) is 23.0. The van der Waals surface area contributed by atoms with Crippen molar-refractivity contribution in [2.45, 2.75) is 11.3 Å². The molecule has 2 heterocycles. The number of sulfonamides is 1. The van der Waals surface area contributed by atoms with Gasteiger partial charge >= 0.3 is 0 Å². The summed E-state index contributed by atoms with van der Waals surface area (Å²) in [5, 5.41) is 9.58. The Hall–Kier alpha value is -3.94. The molecule has 9 nitrogen and oxygen atoms in total. The molecule has 4 N–H and O–H groups in total. The summed E-state index contributed by atoms with van der Waals surface area (Å²) in [6, 6.07) is 15.8. The molecule has 0 aliphatic heterocycles. The highest BCUT2D eigenvalue weighted by atomic mass is 32.2. The molecule has 32 heavy (non-hydrogen) atoms. The number of hydrogen-bond donors (Lipinski definition) is 3. The second kappa shape index (κ2) is 7.96. The van der Waals surface area contributed by atoms with E-state index in [4.69, 9.17) is 5.73 Å². The van der Waals surface area contributed by atoms with Gasteiger partial charge in [0.05, 0.1) is 28.5 Å². The quantitative estimate of drug-likeness (QED) is 0.427. The maximum absolute atomic E-state index is 12.8. The third-order valence-electron chi connectivity index (χ3n) is 5.16. The molecule has 0 aliphatic rings. The number of nitrogens with one attached hydrogen (secondary N) is 2. The third kappa shape index (κ3) is 3.53. The highest BCUT2D eigenvalue weighted by Gasteiger charge is 2.22. The van der Waals surface area contributed by atoms with Crippen molar-refractivity contribution in [2.75, 3.05) is 19.8 Å². The number of fused-ring (bicyclic) bond motifs is 1. The SMILES string of the molecule is CN(C)S(=O)(=O)c1ccc(-c2[nH]c3nc(N)[nH]c(=O)c3c2-c2ccccc2CC#N)cc1. The first kappa shape index (κ1) is 21.3. The first-order chi connectivity index (χ1) is 15.2. The van der Waals surface area contributed by atoms with Crippen LogP contribution in [-0.2, 0) is 16.4 Å². The Morgan fingerprint density at radius 1 is 1.09 bits per heavy atom. The van der Waals surface area contributed by atoms with Crippen LogP contribution in [0.1, 0.15) is 5.56 Å². The van der Waals surface area contributed by atoms with E-state index in [1.54, 1.807) is 12.1 Å². The monoisotopic (exact) mass is 448 g/mol. The Morgan fingerprint density at radius 2 is 1.78 bits per heavy atom. The van der Waals surface area contributed by atoms with Crippen LogP contribution in [0.15, 0.2) is 58.2 Å². The average molecular weight is 449 g/mol. The summed E-state index contributed by atoms with van der Waals surface area (Å²) in [6.07, 6.45) is 0.155. The molecule has 0 saturated carbocycles. The Morgan fingerprint density at radius 3 is 2.44 bits per heavy atom. The lowest BCUT2D eigenvalue weighted by Crippen LogP contribution is -2.22. The predicted octanol–water partition coefficient (Wildman–Crippen LogP) is 2.48. The molecular formula is C22H20N6O3S. The molecule has 10 heteroatoms. The number of nitrogens with two attached hydrogens (primary N) is 1. The third-order valence-corrected chi connectivity index (χ3v) is 6.99. The molecule has 2 aromatic heterocycles. The molecule has 0 aliphatic carbocycles. The zero-order valence-corrected chi connectivity index (χ0v) is 18.2. The van der Waals surface area contributed by atoms with Gasteiger partial charge < -0.3 is 10.7 Å². The zero-order valence-electron chi connectivity index (χ0n) is 17.4. The molecule has 4 aromatic rings. The number of hydrogen-bond acceptors (Lipinski definition) is 6. The van der Waals surface area contributed by atoms with Crippen LogP contribution in [-0.4, -0.2) is 41.8 Å². The van der Waals surface area contributed by atoms with Crippen molar-refractivity contribution in [3.63, 3.8) is 0 Å². The number of nitriles is 1. The molecular weight excluding hydrogens is 428 g/mol. The van der Waals surface area contributed by atoms with Gasteiger partial charge in [-0.15, -0.1) is 0 Å². The Labute approximate surface area is 184 Å². The molecule has 0 unspecified atom stereocenters. The summed E-state index contributed by atoms with van der Waals surface area (Å²) in [7, 11) is -0.654. The summed E-state index contributed by atoms with van der Waals surface area (Å²) < 4.78 is 26.0. The second-order valence-corrected chi connectivity index (χ2v) is 9.51. The van der Waals surface area contributed by atoms with Crippen molar-refractivity contribution in [3.8, 4) is 28.5 Å². The number of nitrogen functional groups attached to an aromatic ring is 1. The first-order valence-electron chi connectivity index (χ1n) is 9.63. The van der Waals surface area contributed by atoms with Crippen LogP contribution in [0, 0.1) is 11.3 Å². The van der Waals surface area contributed by atoms with E-state index in [-0.39, 0.29) is 17.3 Å². The van der Waals surface area contributed by atoms with E-state index in [1.165, 1.54) is 26.2 Å². The standard InChI is InChI=1S/C22H20N6O3S/c1-28(2)32(30,31)15-9-7-14(8-10-15)19-17(16-6-4-3-5-13(16)11-12-23)18-20(25-19)26-22(24)27-21(18)29/h3-10H,11H2,1-2H3,(H4,24,25,26,27,29). The minimum Gasteiger partial charge on any atom is -0.369 e. The molecule has 0 saturated heterocycles. The van der Waals surface area contributed by atoms with Crippen LogP contribution < -0.4 is 11.3 Å². The maximum atomic E-state index is 12.8. The Kier molecular flexibility index (Phi) is 5.30. The topological polar surface area (TPSA) is 149 Å². The minimum atomic E-state index is -3.59. The van der Waals surface area contributed by atoms with Gasteiger partial charge in [0.2, 0.25) is 16.0 Å². The molecule has 0 atom stereocenters. The summed E-state index contributed by atoms with van der Waals surface area (Å²) in [6.45, 7) is 0. The van der Waals surface area contributed by atoms with Crippen LogP contribution in [0.3, 0.4) is 0 Å². The fourth-order valence-corrected chi connectivity index (χ4v) is 4.51. The maximum Gasteiger partial charge on any atom is 0.262 e. The van der Waals surface area contributed by atoms with Gasteiger partial charge in [-0.25, -0.2) is 12.7 Å². The largest absolute Gasteiger partial charge is 0.369 e. The molecule has 0 radical (unpaired) electrons. The van der Waals surface area contributed by atoms with Crippen molar-refractivity contribution >= 4 is 27.0 Å². The van der Waals surface area contributed by atoms with Gasteiger partial charge in [0.1, 0.15) is 5.65 Å². The number of benzene rings is 2. The molecule has 0 fully saturated rings. The lowest BCUT2D eigenvalue weighted by atomic mass is 9.94. The minimum absolute atomic E-state index is 0.0282. The fourth-order valence-electron chi connectivity index (χ4n) is 3.61. The summed E-state index contributed by atoms with van der Waals surface area (Å²) in [4.78, 5) is 22.9. The van der Waals surface area contributed by atoms with Crippen molar-refractivity contribution in [1.82, 2.24) is 19.3 Å². The molecule has 162 valence electrons. The van der Waals surface area contributed by atoms with Gasteiger partial charge in [-0.3, -0.25) is 9.78 Å². The molecule has 2 aromatic carbocycles. The summed E-state index contributed by atoms with van der Waals surface area (Å²) in [5.74, 6) is -0.0282. The smallest absolute Gasteiger partial charge is 0.262 e. The van der Waals surface area contributed by atoms with Gasteiger partial charge in [-0.2, -0.15) is 10.2 Å². The summed E-state index contributed by atoms with van der Waals surface area (Å²) in [5.41, 5.74) is 8.87. The van der Waals surface area contributed by atoms with Gasteiger partial charge in [0.25, 0.3) is 5.56 Å². The number of aromatic nitrogens is 3. The Balaban J connectivity index is 2.01. The van der Waals surface area contributed by atoms with Gasteiger partial charge in [-0.05, 0) is 28.8 Å². The average Bonchev–Trinajstić information content (AvgIpc) is 3.14.